The van der Waals surface area contributed by atoms with E-state index >= 15 is 0 Å². The minimum Gasteiger partial charge on any atom is -0.341 e. The molecule has 0 saturated carbocycles. The van der Waals surface area contributed by atoms with Gasteiger partial charge in [0.05, 0.1) is 0 Å². The van der Waals surface area contributed by atoms with Crippen LogP contribution in [0.4, 0.5) is 0 Å². The van der Waals surface area contributed by atoms with Crippen LogP contribution in [-0.4, -0.2) is 5.78 Å². The third kappa shape index (κ3) is 7.02. The Balaban J connectivity index is 0.000000644. The van der Waals surface area contributed by atoms with Crippen molar-refractivity contribution in [2.45, 2.75) is 13.8 Å². The van der Waals surface area contributed by atoms with Crippen LogP contribution in [0, 0.1) is 19.8 Å². The molecule has 0 aliphatic carbocycles. The Morgan fingerprint density at radius 1 is 0.950 bits per heavy atom. The summed E-state index contributed by atoms with van der Waals surface area (Å²) in [6, 6.07) is 16.6. The molecule has 0 spiro atoms. The Hall–Kier alpha value is -0.916. The first-order chi connectivity index (χ1) is 9.00. The zero-order valence-corrected chi connectivity index (χ0v) is 15.0. The van der Waals surface area contributed by atoms with Crippen LogP contribution in [0.5, 0.6) is 0 Å². The van der Waals surface area contributed by atoms with Crippen molar-refractivity contribution in [2.24, 2.45) is 5.92 Å². The summed E-state index contributed by atoms with van der Waals surface area (Å²) < 4.78 is 0. The van der Waals surface area contributed by atoms with Crippen molar-refractivity contribution in [1.29, 1.82) is 0 Å². The van der Waals surface area contributed by atoms with E-state index < -0.39 is 0 Å². The van der Waals surface area contributed by atoms with E-state index in [0.717, 1.165) is 5.56 Å². The van der Waals surface area contributed by atoms with Gasteiger partial charge >= 0.3 is 0 Å². The molecule has 2 rings (SSSR count). The van der Waals surface area contributed by atoms with Gasteiger partial charge in [-0.15, -0.1) is 6.07 Å². The van der Waals surface area contributed by atoms with Crippen LogP contribution in [0.15, 0.2) is 54.6 Å². The molecule has 1 radical (unpaired) electrons. The summed E-state index contributed by atoms with van der Waals surface area (Å²) in [6.07, 6.45) is 0. The van der Waals surface area contributed by atoms with Gasteiger partial charge in [0, 0.05) is 38.3 Å². The second-order valence-corrected chi connectivity index (χ2v) is 4.79. The Morgan fingerprint density at radius 3 is 1.95 bits per heavy atom. The number of rotatable bonds is 2. The van der Waals surface area contributed by atoms with Crippen molar-refractivity contribution in [2.75, 3.05) is 0 Å². The maximum absolute atomic E-state index is 12.0. The zero-order chi connectivity index (χ0) is 14.3. The van der Waals surface area contributed by atoms with E-state index in [1.165, 1.54) is 0 Å². The quantitative estimate of drug-likeness (QED) is 0.577. The molecule has 0 aliphatic heterocycles. The van der Waals surface area contributed by atoms with Gasteiger partial charge in [0.1, 0.15) is 0 Å². The number of hydrogen-bond donors (Lipinski definition) is 0. The van der Waals surface area contributed by atoms with E-state index in [1.54, 1.807) is 6.07 Å². The molecule has 0 atom stereocenters. The molecule has 2 aromatic rings. The van der Waals surface area contributed by atoms with Gasteiger partial charge in [-0.25, -0.2) is 0 Å². The fourth-order valence-electron chi connectivity index (χ4n) is 1.47. The van der Waals surface area contributed by atoms with Gasteiger partial charge in [-0.1, -0.05) is 50.2 Å². The van der Waals surface area contributed by atoms with Crippen molar-refractivity contribution < 1.29 is 37.5 Å². The fourth-order valence-corrected chi connectivity index (χ4v) is 1.47. The standard InChI is InChI=1S/C14H11O.C4H9.Y/c1-11-6-5-9-13(10-11)14(15)12-7-3-2-4-8-12;1-4(2)3;/h2-10H,1H2;4H,1H2,2-3H3;/q2*-1;. The summed E-state index contributed by atoms with van der Waals surface area (Å²) >= 11 is 0. The summed E-state index contributed by atoms with van der Waals surface area (Å²) in [5.74, 6) is 0.626. The van der Waals surface area contributed by atoms with Crippen molar-refractivity contribution >= 4 is 5.78 Å². The smallest absolute Gasteiger partial charge is 0.180 e. The number of carbonyl (C=O) groups excluding carboxylic acids is 1. The van der Waals surface area contributed by atoms with Gasteiger partial charge in [0.2, 0.25) is 0 Å². The van der Waals surface area contributed by atoms with E-state index in [4.69, 9.17) is 0 Å². The van der Waals surface area contributed by atoms with E-state index in [0.29, 0.717) is 17.0 Å². The third-order valence-electron chi connectivity index (χ3n) is 2.23. The van der Waals surface area contributed by atoms with Gasteiger partial charge in [0.25, 0.3) is 0 Å². The summed E-state index contributed by atoms with van der Waals surface area (Å²) in [4.78, 5) is 12.0. The van der Waals surface area contributed by atoms with Gasteiger partial charge < -0.3 is 6.92 Å². The fraction of sp³-hybridized carbons (Fsp3) is 0.167. The predicted octanol–water partition coefficient (Wildman–Crippen LogP) is 4.57. The van der Waals surface area contributed by atoms with E-state index in [2.05, 4.69) is 27.7 Å². The van der Waals surface area contributed by atoms with Crippen LogP contribution < -0.4 is 0 Å². The molecule has 0 fully saturated rings. The summed E-state index contributed by atoms with van der Waals surface area (Å²) in [6.45, 7) is 11.6. The summed E-state index contributed by atoms with van der Waals surface area (Å²) in [5.41, 5.74) is 2.26. The topological polar surface area (TPSA) is 17.1 Å². The first-order valence-corrected chi connectivity index (χ1v) is 6.35. The van der Waals surface area contributed by atoms with Crippen molar-refractivity contribution in [1.82, 2.24) is 0 Å². The van der Waals surface area contributed by atoms with Gasteiger partial charge in [-0.05, 0) is 5.56 Å². The zero-order valence-electron chi connectivity index (χ0n) is 12.2. The Morgan fingerprint density at radius 2 is 1.45 bits per heavy atom. The van der Waals surface area contributed by atoms with Crippen LogP contribution in [0.2, 0.25) is 0 Å². The van der Waals surface area contributed by atoms with Crippen LogP contribution in [0.1, 0.15) is 35.3 Å². The average molecular weight is 341 g/mol. The molecular formula is C18H20OY-2. The molecule has 0 amide bonds. The van der Waals surface area contributed by atoms with E-state index in [-0.39, 0.29) is 38.5 Å². The van der Waals surface area contributed by atoms with Crippen LogP contribution in [-0.2, 0) is 32.7 Å². The number of hydrogen-bond acceptors (Lipinski definition) is 1. The average Bonchev–Trinajstić information content (AvgIpc) is 2.38. The molecule has 103 valence electrons. The first-order valence-electron chi connectivity index (χ1n) is 6.35. The number of ketones is 1. The molecule has 0 N–H and O–H groups in total. The Labute approximate surface area is 147 Å². The van der Waals surface area contributed by atoms with E-state index in [1.807, 2.05) is 48.5 Å². The first kappa shape index (κ1) is 19.1. The van der Waals surface area contributed by atoms with Crippen molar-refractivity contribution in [3.05, 3.63) is 85.1 Å². The monoisotopic (exact) mass is 341 g/mol. The van der Waals surface area contributed by atoms with E-state index in [9.17, 15) is 4.79 Å². The SMILES string of the molecule is [CH2-]C(C)C.[CH2-]c1cccc(C(=O)c2ccccc2)c1.[Y]. The molecule has 0 saturated heterocycles. The molecule has 2 aromatic carbocycles. The van der Waals surface area contributed by atoms with Crippen LogP contribution in [0.3, 0.4) is 0 Å². The third-order valence-corrected chi connectivity index (χ3v) is 2.23. The van der Waals surface area contributed by atoms with Crippen molar-refractivity contribution in [3.63, 3.8) is 0 Å². The molecule has 0 aromatic heterocycles. The molecular weight excluding hydrogens is 321 g/mol. The molecule has 0 unspecified atom stereocenters. The Kier molecular flexibility index (Phi) is 9.45. The van der Waals surface area contributed by atoms with Gasteiger partial charge in [-0.3, -0.25) is 4.79 Å². The maximum Gasteiger partial charge on any atom is 0.180 e. The normalized spacial score (nSPS) is 9.20. The minimum absolute atomic E-state index is 0. The molecule has 1 nitrogen and oxygen atoms in total. The van der Waals surface area contributed by atoms with Crippen LogP contribution >= 0.6 is 0 Å². The molecule has 0 bridgehead atoms. The number of carbonyl (C=O) groups is 1. The second-order valence-electron chi connectivity index (χ2n) is 4.79. The molecule has 20 heavy (non-hydrogen) atoms. The largest absolute Gasteiger partial charge is 0.341 e. The predicted molar refractivity (Wildman–Crippen MR) is 81.0 cm³/mol. The number of benzene rings is 2. The second kappa shape index (κ2) is 9.90. The molecule has 0 aliphatic rings. The Bertz CT molecular complexity index is 515. The van der Waals surface area contributed by atoms with Gasteiger partial charge in [-0.2, -0.15) is 30.5 Å². The maximum atomic E-state index is 12.0. The van der Waals surface area contributed by atoms with Crippen LogP contribution in [0.25, 0.3) is 0 Å². The van der Waals surface area contributed by atoms with Gasteiger partial charge in [0.15, 0.2) is 5.78 Å². The summed E-state index contributed by atoms with van der Waals surface area (Å²) in [7, 11) is 0. The minimum atomic E-state index is 0. The summed E-state index contributed by atoms with van der Waals surface area (Å²) in [5, 5.41) is 0. The molecule has 0 heterocycles. The molecule has 2 heteroatoms. The van der Waals surface area contributed by atoms with Crippen molar-refractivity contribution in [3.8, 4) is 0 Å².